The van der Waals surface area contributed by atoms with Crippen LogP contribution in [0.5, 0.6) is 5.88 Å². The normalized spacial score (nSPS) is 16.4. The highest BCUT2D eigenvalue weighted by molar-refractivity contribution is 5.87. The largest absolute Gasteiger partial charge is 0.477 e. The third-order valence-electron chi connectivity index (χ3n) is 6.49. The molecule has 1 fully saturated rings. The highest BCUT2D eigenvalue weighted by Gasteiger charge is 2.36. The number of hydrogen-bond donors (Lipinski definition) is 1. The minimum absolute atomic E-state index is 0.0228. The number of halogens is 6. The maximum atomic E-state index is 14.0. The molecule has 0 aliphatic carbocycles. The number of anilines is 2. The molecule has 4 aromatic heterocycles. The zero-order valence-corrected chi connectivity index (χ0v) is 21.0. The second-order valence-electron chi connectivity index (χ2n) is 9.20. The van der Waals surface area contributed by atoms with Gasteiger partial charge in [0.25, 0.3) is 0 Å². The van der Waals surface area contributed by atoms with Crippen LogP contribution in [0.25, 0.3) is 22.6 Å². The highest BCUT2D eigenvalue weighted by atomic mass is 19.4. The van der Waals surface area contributed by atoms with Crippen molar-refractivity contribution in [1.82, 2.24) is 35.0 Å². The van der Waals surface area contributed by atoms with Crippen molar-refractivity contribution in [1.29, 1.82) is 0 Å². The van der Waals surface area contributed by atoms with Gasteiger partial charge >= 0.3 is 12.4 Å². The van der Waals surface area contributed by atoms with E-state index in [1.165, 1.54) is 12.3 Å². The topological polar surface area (TPSA) is 102 Å². The maximum Gasteiger partial charge on any atom is 0.418 e. The maximum absolute atomic E-state index is 14.0. The van der Waals surface area contributed by atoms with E-state index < -0.39 is 29.2 Å². The third kappa shape index (κ3) is 6.03. The Morgan fingerprint density at radius 2 is 1.82 bits per heavy atom. The molecule has 1 aliphatic rings. The lowest BCUT2D eigenvalue weighted by molar-refractivity contribution is -0.138. The van der Waals surface area contributed by atoms with Crippen LogP contribution in [0.4, 0.5) is 37.8 Å². The molecule has 0 amide bonds. The predicted octanol–water partition coefficient (Wildman–Crippen LogP) is 5.52. The second kappa shape index (κ2) is 10.8. The van der Waals surface area contributed by atoms with Crippen LogP contribution in [0, 0.1) is 0 Å². The number of nitrogens with one attached hydrogen (secondary N) is 1. The van der Waals surface area contributed by atoms with Gasteiger partial charge in [-0.2, -0.15) is 26.3 Å². The van der Waals surface area contributed by atoms with Gasteiger partial charge in [-0.05, 0) is 51.1 Å². The molecular formula is C25H22F6N8O. The first-order chi connectivity index (χ1) is 19.0. The summed E-state index contributed by atoms with van der Waals surface area (Å²) in [6, 6.07) is 4.57. The fraction of sp³-hybridized carbons (Fsp3) is 0.360. The second-order valence-corrected chi connectivity index (χ2v) is 9.20. The molecule has 0 saturated carbocycles. The molecule has 0 bridgehead atoms. The number of nitrogens with zero attached hydrogens (tertiary/aromatic N) is 7. The Kier molecular flexibility index (Phi) is 7.40. The molecule has 1 atom stereocenters. The Morgan fingerprint density at radius 1 is 1.00 bits per heavy atom. The fourth-order valence-electron chi connectivity index (χ4n) is 4.40. The summed E-state index contributed by atoms with van der Waals surface area (Å²) in [5.74, 6) is -0.161. The lowest BCUT2D eigenvalue weighted by Crippen LogP contribution is -2.26. The quantitative estimate of drug-likeness (QED) is 0.291. The first kappa shape index (κ1) is 27.4. The number of ether oxygens (including phenoxy) is 1. The fourth-order valence-corrected chi connectivity index (χ4v) is 4.40. The Bertz CT molecular complexity index is 1500. The molecule has 4 aromatic rings. The molecule has 1 N–H and O–H groups in total. The van der Waals surface area contributed by atoms with Crippen molar-refractivity contribution in [2.75, 3.05) is 25.5 Å². The van der Waals surface area contributed by atoms with Crippen LogP contribution in [-0.4, -0.2) is 61.3 Å². The van der Waals surface area contributed by atoms with Gasteiger partial charge in [-0.25, -0.2) is 19.9 Å². The third-order valence-corrected chi connectivity index (χ3v) is 6.49. The Balaban J connectivity index is 1.39. The van der Waals surface area contributed by atoms with Gasteiger partial charge < -0.3 is 15.0 Å². The molecule has 5 heterocycles. The number of likely N-dealkylation sites (tertiary alicyclic amines) is 1. The van der Waals surface area contributed by atoms with Crippen molar-refractivity contribution in [3.05, 3.63) is 54.0 Å². The molecule has 1 aliphatic heterocycles. The number of hydrogen-bond acceptors (Lipinski definition) is 9. The minimum Gasteiger partial charge on any atom is -0.477 e. The zero-order valence-electron chi connectivity index (χ0n) is 21.0. The summed E-state index contributed by atoms with van der Waals surface area (Å²) in [5, 5.41) is 10.4. The van der Waals surface area contributed by atoms with Crippen LogP contribution in [0.1, 0.15) is 30.4 Å². The van der Waals surface area contributed by atoms with E-state index in [1.54, 1.807) is 0 Å². The van der Waals surface area contributed by atoms with E-state index in [0.717, 1.165) is 43.8 Å². The lowest BCUT2D eigenvalue weighted by atomic mass is 10.1. The molecule has 0 spiro atoms. The van der Waals surface area contributed by atoms with Crippen molar-refractivity contribution < 1.29 is 31.1 Å². The van der Waals surface area contributed by atoms with Gasteiger partial charge in [-0.3, -0.25) is 0 Å². The van der Waals surface area contributed by atoms with Crippen molar-refractivity contribution in [2.24, 2.45) is 0 Å². The number of rotatable bonds is 7. The van der Waals surface area contributed by atoms with E-state index in [9.17, 15) is 26.3 Å². The van der Waals surface area contributed by atoms with E-state index in [1.807, 2.05) is 7.05 Å². The first-order valence-electron chi connectivity index (χ1n) is 12.2. The Labute approximate surface area is 223 Å². The molecule has 210 valence electrons. The van der Waals surface area contributed by atoms with Gasteiger partial charge in [-0.15, -0.1) is 10.2 Å². The summed E-state index contributed by atoms with van der Waals surface area (Å²) in [6.45, 7) is 1.17. The summed E-state index contributed by atoms with van der Waals surface area (Å²) < 4.78 is 85.8. The van der Waals surface area contributed by atoms with E-state index in [4.69, 9.17) is 4.74 Å². The van der Waals surface area contributed by atoms with Crippen LogP contribution in [0.3, 0.4) is 0 Å². The monoisotopic (exact) mass is 564 g/mol. The summed E-state index contributed by atoms with van der Waals surface area (Å²) in [4.78, 5) is 18.4. The average Bonchev–Trinajstić information content (AvgIpc) is 3.32. The Morgan fingerprint density at radius 3 is 2.50 bits per heavy atom. The smallest absolute Gasteiger partial charge is 0.418 e. The van der Waals surface area contributed by atoms with Gasteiger partial charge in [0.15, 0.2) is 5.65 Å². The first-order valence-corrected chi connectivity index (χ1v) is 12.2. The van der Waals surface area contributed by atoms with Crippen LogP contribution in [0.2, 0.25) is 0 Å². The number of alkyl halides is 6. The summed E-state index contributed by atoms with van der Waals surface area (Å²) >= 11 is 0. The van der Waals surface area contributed by atoms with Crippen molar-refractivity contribution in [3.8, 4) is 17.3 Å². The van der Waals surface area contributed by atoms with E-state index in [0.29, 0.717) is 18.7 Å². The number of pyridine rings is 2. The van der Waals surface area contributed by atoms with Gasteiger partial charge in [-0.1, -0.05) is 0 Å². The molecule has 0 aromatic carbocycles. The SMILES string of the molecule is CN1CCCC1CCOc1cc(C(F)(F)F)c(-c2cnc3c(Nc4ccc(C(F)(F)F)cn4)ccnc3n2)nn1. The van der Waals surface area contributed by atoms with Crippen LogP contribution >= 0.6 is 0 Å². The lowest BCUT2D eigenvalue weighted by Gasteiger charge is -2.19. The van der Waals surface area contributed by atoms with Crippen molar-refractivity contribution >= 4 is 22.7 Å². The van der Waals surface area contributed by atoms with E-state index in [-0.39, 0.29) is 40.8 Å². The molecule has 0 radical (unpaired) electrons. The summed E-state index contributed by atoms with van der Waals surface area (Å²) in [6.07, 6.45) is -3.51. The number of fused-ring (bicyclic) bond motifs is 1. The Hall–Kier alpha value is -4.14. The molecule has 5 rings (SSSR count). The van der Waals surface area contributed by atoms with Gasteiger partial charge in [0, 0.05) is 24.5 Å². The zero-order chi connectivity index (χ0) is 28.5. The van der Waals surface area contributed by atoms with Gasteiger partial charge in [0.1, 0.15) is 22.7 Å². The molecule has 1 saturated heterocycles. The standard InChI is InChI=1S/C25H22F6N8O/c1-39-9-2-3-15(39)7-10-40-20-11-16(25(29,30)31)21(38-37-20)18-13-34-22-17(6-8-32-23(22)36-18)35-19-5-4-14(12-33-19)24(26,27)28/h4-6,8,11-13,15H,2-3,7,9-10H2,1H3,(H,32,33,35,36). The minimum atomic E-state index is -4.78. The van der Waals surface area contributed by atoms with Crippen LogP contribution in [-0.2, 0) is 12.4 Å². The molecular weight excluding hydrogens is 542 g/mol. The van der Waals surface area contributed by atoms with Crippen LogP contribution in [0.15, 0.2) is 42.9 Å². The van der Waals surface area contributed by atoms with E-state index >= 15 is 0 Å². The molecule has 1 unspecified atom stereocenters. The van der Waals surface area contributed by atoms with Gasteiger partial charge in [0.05, 0.1) is 29.6 Å². The molecule has 40 heavy (non-hydrogen) atoms. The van der Waals surface area contributed by atoms with Crippen molar-refractivity contribution in [3.63, 3.8) is 0 Å². The molecule has 9 nitrogen and oxygen atoms in total. The summed E-state index contributed by atoms with van der Waals surface area (Å²) in [7, 11) is 2.00. The highest BCUT2D eigenvalue weighted by Crippen LogP contribution is 2.37. The van der Waals surface area contributed by atoms with Crippen LogP contribution < -0.4 is 10.1 Å². The summed E-state index contributed by atoms with van der Waals surface area (Å²) in [5.41, 5.74) is -2.35. The number of aromatic nitrogens is 6. The predicted molar refractivity (Wildman–Crippen MR) is 132 cm³/mol. The van der Waals surface area contributed by atoms with Crippen molar-refractivity contribution in [2.45, 2.75) is 37.7 Å². The van der Waals surface area contributed by atoms with E-state index in [2.05, 4.69) is 40.3 Å². The van der Waals surface area contributed by atoms with Gasteiger partial charge in [0.2, 0.25) is 5.88 Å². The average molecular weight is 564 g/mol. The molecule has 15 heteroatoms.